The molecule has 4 nitrogen and oxygen atoms in total. The van der Waals surface area contributed by atoms with Gasteiger partial charge in [0.15, 0.2) is 5.16 Å². The zero-order chi connectivity index (χ0) is 13.0. The number of hydrogen-bond acceptors (Lipinski definition) is 3. The zero-order valence-corrected chi connectivity index (χ0v) is 11.0. The van der Waals surface area contributed by atoms with E-state index in [1.165, 1.54) is 11.8 Å². The number of benzene rings is 1. The summed E-state index contributed by atoms with van der Waals surface area (Å²) in [4.78, 5) is 15.2. The molecule has 0 radical (unpaired) electrons. The number of primary amides is 1. The third-order valence-corrected chi connectivity index (χ3v) is 3.56. The minimum atomic E-state index is -0.327. The van der Waals surface area contributed by atoms with Crippen LogP contribution in [0, 0.1) is 0 Å². The molecular weight excluding hydrogens is 246 g/mol. The summed E-state index contributed by atoms with van der Waals surface area (Å²) in [5.41, 5.74) is 7.34. The number of aromatic nitrogens is 2. The number of nitrogens with zero attached hydrogens (tertiary/aromatic N) is 2. The first-order chi connectivity index (χ1) is 8.72. The van der Waals surface area contributed by atoms with E-state index >= 15 is 0 Å². The monoisotopic (exact) mass is 261 g/mol. The molecule has 2 N–H and O–H groups in total. The van der Waals surface area contributed by atoms with Gasteiger partial charge in [-0.3, -0.25) is 4.79 Å². The molecule has 0 fully saturated rings. The molecule has 2 rings (SSSR count). The van der Waals surface area contributed by atoms with Crippen molar-refractivity contribution < 1.29 is 4.79 Å². The van der Waals surface area contributed by atoms with E-state index in [4.69, 9.17) is 5.73 Å². The Bertz CT molecular complexity index is 536. The Morgan fingerprint density at radius 2 is 2.11 bits per heavy atom. The SMILES string of the molecule is CCn1c(-c2ccccc2)cnc1SCC(N)=O. The smallest absolute Gasteiger partial charge is 0.227 e. The summed E-state index contributed by atoms with van der Waals surface area (Å²) in [6.07, 6.45) is 1.84. The summed E-state index contributed by atoms with van der Waals surface area (Å²) in [6.45, 7) is 2.87. The summed E-state index contributed by atoms with van der Waals surface area (Å²) >= 11 is 1.37. The van der Waals surface area contributed by atoms with E-state index in [-0.39, 0.29) is 11.7 Å². The van der Waals surface area contributed by atoms with Crippen LogP contribution in [-0.2, 0) is 11.3 Å². The Labute approximate surface area is 110 Å². The second kappa shape index (κ2) is 5.73. The van der Waals surface area contributed by atoms with Crippen molar-refractivity contribution in [2.24, 2.45) is 5.73 Å². The van der Waals surface area contributed by atoms with Crippen molar-refractivity contribution in [2.45, 2.75) is 18.6 Å². The van der Waals surface area contributed by atoms with Crippen LogP contribution in [0.1, 0.15) is 6.92 Å². The van der Waals surface area contributed by atoms with Gasteiger partial charge in [0.2, 0.25) is 5.91 Å². The molecule has 5 heteroatoms. The standard InChI is InChI=1S/C13H15N3OS/c1-2-16-11(10-6-4-3-5-7-10)8-15-13(16)18-9-12(14)17/h3-8H,2,9H2,1H3,(H2,14,17). The van der Waals surface area contributed by atoms with E-state index in [2.05, 4.69) is 16.5 Å². The summed E-state index contributed by atoms with van der Waals surface area (Å²) in [5, 5.41) is 0.829. The van der Waals surface area contributed by atoms with E-state index in [9.17, 15) is 4.79 Å². The van der Waals surface area contributed by atoms with Crippen molar-refractivity contribution in [1.82, 2.24) is 9.55 Å². The van der Waals surface area contributed by atoms with Crippen LogP contribution in [0.5, 0.6) is 0 Å². The van der Waals surface area contributed by atoms with E-state index in [1.807, 2.05) is 36.5 Å². The van der Waals surface area contributed by atoms with Crippen LogP contribution < -0.4 is 5.73 Å². The van der Waals surface area contributed by atoms with Crippen molar-refractivity contribution in [1.29, 1.82) is 0 Å². The van der Waals surface area contributed by atoms with Crippen LogP contribution in [0.15, 0.2) is 41.7 Å². The lowest BCUT2D eigenvalue weighted by atomic mass is 10.2. The molecule has 0 saturated heterocycles. The van der Waals surface area contributed by atoms with Gasteiger partial charge in [0, 0.05) is 6.54 Å². The summed E-state index contributed by atoms with van der Waals surface area (Å²) < 4.78 is 2.09. The normalized spacial score (nSPS) is 10.5. The first-order valence-corrected chi connectivity index (χ1v) is 6.73. The zero-order valence-electron chi connectivity index (χ0n) is 10.2. The predicted octanol–water partition coefficient (Wildman–Crippen LogP) is 2.15. The van der Waals surface area contributed by atoms with Crippen LogP contribution in [0.4, 0.5) is 0 Å². The van der Waals surface area contributed by atoms with Gasteiger partial charge in [0.05, 0.1) is 17.6 Å². The lowest BCUT2D eigenvalue weighted by Gasteiger charge is -2.08. The number of imidazole rings is 1. The molecule has 94 valence electrons. The molecule has 0 bridgehead atoms. The van der Waals surface area contributed by atoms with Gasteiger partial charge in [-0.15, -0.1) is 0 Å². The molecular formula is C13H15N3OS. The average Bonchev–Trinajstić information content (AvgIpc) is 2.80. The topological polar surface area (TPSA) is 60.9 Å². The second-order valence-corrected chi connectivity index (χ2v) is 4.73. The number of carbonyl (C=O) groups is 1. The van der Waals surface area contributed by atoms with Crippen LogP contribution >= 0.6 is 11.8 Å². The van der Waals surface area contributed by atoms with Crippen molar-refractivity contribution >= 4 is 17.7 Å². The van der Waals surface area contributed by atoms with E-state index in [1.54, 1.807) is 0 Å². The van der Waals surface area contributed by atoms with Gasteiger partial charge in [0.1, 0.15) is 0 Å². The van der Waals surface area contributed by atoms with Gasteiger partial charge in [-0.1, -0.05) is 42.1 Å². The van der Waals surface area contributed by atoms with Gasteiger partial charge in [-0.25, -0.2) is 4.98 Å². The first kappa shape index (κ1) is 12.7. The maximum absolute atomic E-state index is 10.8. The third kappa shape index (κ3) is 2.73. The molecule has 1 aromatic heterocycles. The fraction of sp³-hybridized carbons (Fsp3) is 0.231. The van der Waals surface area contributed by atoms with Crippen molar-refractivity contribution in [2.75, 3.05) is 5.75 Å². The van der Waals surface area contributed by atoms with Crippen molar-refractivity contribution in [3.63, 3.8) is 0 Å². The van der Waals surface area contributed by atoms with Gasteiger partial charge >= 0.3 is 0 Å². The molecule has 0 unspecified atom stereocenters. The van der Waals surface area contributed by atoms with Gasteiger partial charge in [0.25, 0.3) is 0 Å². The molecule has 1 amide bonds. The second-order valence-electron chi connectivity index (χ2n) is 3.79. The van der Waals surface area contributed by atoms with Gasteiger partial charge < -0.3 is 10.3 Å². The summed E-state index contributed by atoms with van der Waals surface area (Å²) in [6, 6.07) is 10.1. The molecule has 0 saturated carbocycles. The summed E-state index contributed by atoms with van der Waals surface area (Å²) in [7, 11) is 0. The largest absolute Gasteiger partial charge is 0.369 e. The number of carbonyl (C=O) groups excluding carboxylic acids is 1. The molecule has 0 aliphatic heterocycles. The molecule has 0 aliphatic rings. The molecule has 0 atom stereocenters. The van der Waals surface area contributed by atoms with Crippen LogP contribution in [0.2, 0.25) is 0 Å². The Kier molecular flexibility index (Phi) is 4.04. The molecule has 18 heavy (non-hydrogen) atoms. The maximum Gasteiger partial charge on any atom is 0.227 e. The van der Waals surface area contributed by atoms with Gasteiger partial charge in [-0.2, -0.15) is 0 Å². The molecule has 1 aromatic carbocycles. The fourth-order valence-electron chi connectivity index (χ4n) is 1.75. The van der Waals surface area contributed by atoms with Crippen molar-refractivity contribution in [3.8, 4) is 11.3 Å². The Hall–Kier alpha value is -1.75. The Morgan fingerprint density at radius 1 is 1.39 bits per heavy atom. The summed E-state index contributed by atoms with van der Waals surface area (Å²) in [5.74, 6) is -0.0717. The highest BCUT2D eigenvalue weighted by Crippen LogP contribution is 2.25. The third-order valence-electron chi connectivity index (χ3n) is 2.55. The minimum Gasteiger partial charge on any atom is -0.369 e. The average molecular weight is 261 g/mol. The number of amides is 1. The van der Waals surface area contributed by atoms with E-state index in [0.29, 0.717) is 0 Å². The predicted molar refractivity (Wildman–Crippen MR) is 73.3 cm³/mol. The van der Waals surface area contributed by atoms with Crippen LogP contribution in [-0.4, -0.2) is 21.2 Å². The van der Waals surface area contributed by atoms with Crippen LogP contribution in [0.3, 0.4) is 0 Å². The first-order valence-electron chi connectivity index (χ1n) is 5.74. The van der Waals surface area contributed by atoms with Crippen LogP contribution in [0.25, 0.3) is 11.3 Å². The molecule has 2 aromatic rings. The lowest BCUT2D eigenvalue weighted by Crippen LogP contribution is -2.13. The number of nitrogens with two attached hydrogens (primary N) is 1. The number of rotatable bonds is 5. The number of hydrogen-bond donors (Lipinski definition) is 1. The Balaban J connectivity index is 2.30. The van der Waals surface area contributed by atoms with E-state index in [0.717, 1.165) is 23.0 Å². The lowest BCUT2D eigenvalue weighted by molar-refractivity contribution is -0.115. The fourth-order valence-corrected chi connectivity index (χ4v) is 2.54. The molecule has 1 heterocycles. The van der Waals surface area contributed by atoms with E-state index < -0.39 is 0 Å². The highest BCUT2D eigenvalue weighted by molar-refractivity contribution is 7.99. The highest BCUT2D eigenvalue weighted by Gasteiger charge is 2.11. The quantitative estimate of drug-likeness (QED) is 0.839. The van der Waals surface area contributed by atoms with Gasteiger partial charge in [-0.05, 0) is 12.5 Å². The molecule has 0 aliphatic carbocycles. The minimum absolute atomic E-state index is 0.255. The Morgan fingerprint density at radius 3 is 2.72 bits per heavy atom. The van der Waals surface area contributed by atoms with Crippen molar-refractivity contribution in [3.05, 3.63) is 36.5 Å². The highest BCUT2D eigenvalue weighted by atomic mass is 32.2. The molecule has 0 spiro atoms. The maximum atomic E-state index is 10.8. The number of thioether (sulfide) groups is 1.